The first-order valence-electron chi connectivity index (χ1n) is 5.69. The Kier molecular flexibility index (Phi) is 5.05. The lowest BCUT2D eigenvalue weighted by Gasteiger charge is -2.34. The molecule has 0 aromatic carbocycles. The van der Waals surface area contributed by atoms with E-state index in [4.69, 9.17) is 14.2 Å². The van der Waals surface area contributed by atoms with Crippen molar-refractivity contribution in [3.8, 4) is 0 Å². The molecule has 0 heterocycles. The number of ether oxygens (including phenoxy) is 3. The molecule has 19 heavy (non-hydrogen) atoms. The predicted octanol–water partition coefficient (Wildman–Crippen LogP) is -0.288. The third kappa shape index (κ3) is 4.36. The molecule has 1 aliphatic carbocycles. The maximum absolute atomic E-state index is 11.0. The zero-order valence-electron chi connectivity index (χ0n) is 10.9. The number of carbonyl (C=O) groups is 3. The van der Waals surface area contributed by atoms with Gasteiger partial charge in [-0.05, 0) is 12.2 Å². The van der Waals surface area contributed by atoms with Crippen molar-refractivity contribution in [2.24, 2.45) is 0 Å². The minimum Gasteiger partial charge on any atom is -0.455 e. The van der Waals surface area contributed by atoms with E-state index in [1.807, 2.05) is 0 Å². The molecular formula is C12H16O7. The van der Waals surface area contributed by atoms with Crippen molar-refractivity contribution in [2.45, 2.75) is 45.2 Å². The fraction of sp³-hybridized carbons (Fsp3) is 0.583. The van der Waals surface area contributed by atoms with E-state index >= 15 is 0 Å². The van der Waals surface area contributed by atoms with E-state index in [1.165, 1.54) is 26.0 Å². The molecule has 0 spiro atoms. The molecule has 0 fully saturated rings. The Bertz CT molecular complexity index is 401. The Morgan fingerprint density at radius 3 is 1.74 bits per heavy atom. The molecule has 0 aliphatic heterocycles. The number of hydrogen-bond acceptors (Lipinski definition) is 7. The van der Waals surface area contributed by atoms with Crippen LogP contribution in [0.3, 0.4) is 0 Å². The highest BCUT2D eigenvalue weighted by molar-refractivity contribution is 5.68. The summed E-state index contributed by atoms with van der Waals surface area (Å²) in [5.41, 5.74) is 0. The second-order valence-corrected chi connectivity index (χ2v) is 4.10. The highest BCUT2D eigenvalue weighted by Gasteiger charge is 2.41. The van der Waals surface area contributed by atoms with E-state index in [0.29, 0.717) is 0 Å². The lowest BCUT2D eigenvalue weighted by molar-refractivity contribution is -0.182. The van der Waals surface area contributed by atoms with Gasteiger partial charge in [0.15, 0.2) is 12.2 Å². The van der Waals surface area contributed by atoms with Gasteiger partial charge < -0.3 is 19.3 Å². The van der Waals surface area contributed by atoms with Crippen LogP contribution in [0.2, 0.25) is 0 Å². The van der Waals surface area contributed by atoms with E-state index in [1.54, 1.807) is 0 Å². The first-order chi connectivity index (χ1) is 8.81. The van der Waals surface area contributed by atoms with Crippen LogP contribution in [0.25, 0.3) is 0 Å². The molecule has 0 bridgehead atoms. The molecule has 0 amide bonds. The second-order valence-electron chi connectivity index (χ2n) is 4.10. The summed E-state index contributed by atoms with van der Waals surface area (Å²) in [6.07, 6.45) is -1.48. The monoisotopic (exact) mass is 272 g/mol. The first-order valence-corrected chi connectivity index (χ1v) is 5.69. The zero-order valence-corrected chi connectivity index (χ0v) is 10.9. The molecular weight excluding hydrogens is 256 g/mol. The average molecular weight is 272 g/mol. The van der Waals surface area contributed by atoms with Crippen molar-refractivity contribution >= 4 is 17.9 Å². The van der Waals surface area contributed by atoms with Crippen LogP contribution in [0, 0.1) is 0 Å². The number of carbonyl (C=O) groups excluding carboxylic acids is 3. The number of hydrogen-bond donors (Lipinski definition) is 1. The third-order valence-corrected chi connectivity index (χ3v) is 2.39. The van der Waals surface area contributed by atoms with E-state index < -0.39 is 42.3 Å². The second kappa shape index (κ2) is 6.33. The largest absolute Gasteiger partial charge is 0.455 e. The standard InChI is InChI=1S/C12H16O7/c1-6(13)17-9-4-5-10(18-7(2)14)12(11(9)16)19-8(3)15/h4-5,9-12,16H,1-3H3/t9-,10-,11+,12+/m0/s1. The number of aliphatic hydroxyl groups is 1. The maximum atomic E-state index is 11.0. The van der Waals surface area contributed by atoms with Crippen LogP contribution in [-0.4, -0.2) is 47.4 Å². The van der Waals surface area contributed by atoms with Gasteiger partial charge in [0.1, 0.15) is 12.2 Å². The molecule has 0 unspecified atom stereocenters. The van der Waals surface area contributed by atoms with Gasteiger partial charge in [0.05, 0.1) is 0 Å². The van der Waals surface area contributed by atoms with Crippen LogP contribution in [0.1, 0.15) is 20.8 Å². The Labute approximate surface area is 110 Å². The minimum absolute atomic E-state index is 0.579. The minimum atomic E-state index is -1.30. The molecule has 7 heteroatoms. The van der Waals surface area contributed by atoms with Crippen LogP contribution >= 0.6 is 0 Å². The number of aliphatic hydroxyl groups excluding tert-OH is 1. The molecule has 4 atom stereocenters. The molecule has 0 aromatic heterocycles. The Balaban J connectivity index is 2.89. The number of esters is 3. The Morgan fingerprint density at radius 1 is 0.842 bits per heavy atom. The molecule has 0 saturated carbocycles. The summed E-state index contributed by atoms with van der Waals surface area (Å²) in [6, 6.07) is 0. The number of rotatable bonds is 3. The van der Waals surface area contributed by atoms with Gasteiger partial charge in [0, 0.05) is 20.8 Å². The fourth-order valence-electron chi connectivity index (χ4n) is 1.75. The van der Waals surface area contributed by atoms with Gasteiger partial charge in [-0.1, -0.05) is 0 Å². The summed E-state index contributed by atoms with van der Waals surface area (Å²) >= 11 is 0. The van der Waals surface area contributed by atoms with E-state index in [2.05, 4.69) is 0 Å². The van der Waals surface area contributed by atoms with Gasteiger partial charge in [0.2, 0.25) is 0 Å². The van der Waals surface area contributed by atoms with Gasteiger partial charge in [-0.2, -0.15) is 0 Å². The van der Waals surface area contributed by atoms with Crippen molar-refractivity contribution in [3.63, 3.8) is 0 Å². The topological polar surface area (TPSA) is 99.1 Å². The lowest BCUT2D eigenvalue weighted by Crippen LogP contribution is -2.51. The van der Waals surface area contributed by atoms with Gasteiger partial charge in [0.25, 0.3) is 0 Å². The molecule has 7 nitrogen and oxygen atoms in total. The molecule has 1 rings (SSSR count). The molecule has 1 aliphatic rings. The average Bonchev–Trinajstić information content (AvgIpc) is 2.26. The van der Waals surface area contributed by atoms with E-state index in [-0.39, 0.29) is 0 Å². The van der Waals surface area contributed by atoms with Crippen LogP contribution in [0.5, 0.6) is 0 Å². The fourth-order valence-corrected chi connectivity index (χ4v) is 1.75. The van der Waals surface area contributed by atoms with Crippen LogP contribution < -0.4 is 0 Å². The normalized spacial score (nSPS) is 29.5. The smallest absolute Gasteiger partial charge is 0.303 e. The van der Waals surface area contributed by atoms with E-state index in [9.17, 15) is 19.5 Å². The Morgan fingerprint density at radius 2 is 1.26 bits per heavy atom. The highest BCUT2D eigenvalue weighted by Crippen LogP contribution is 2.22. The zero-order chi connectivity index (χ0) is 14.6. The van der Waals surface area contributed by atoms with Crippen molar-refractivity contribution in [3.05, 3.63) is 12.2 Å². The van der Waals surface area contributed by atoms with Gasteiger partial charge in [-0.25, -0.2) is 0 Å². The van der Waals surface area contributed by atoms with E-state index in [0.717, 1.165) is 6.92 Å². The quantitative estimate of drug-likeness (QED) is 0.428. The van der Waals surface area contributed by atoms with Crippen molar-refractivity contribution in [1.82, 2.24) is 0 Å². The van der Waals surface area contributed by atoms with Crippen molar-refractivity contribution in [2.75, 3.05) is 0 Å². The summed E-state index contributed by atoms with van der Waals surface area (Å²) in [6.45, 7) is 3.56. The highest BCUT2D eigenvalue weighted by atomic mass is 16.6. The van der Waals surface area contributed by atoms with Gasteiger partial charge in [-0.3, -0.25) is 14.4 Å². The summed E-state index contributed by atoms with van der Waals surface area (Å²) in [5, 5.41) is 10.0. The van der Waals surface area contributed by atoms with Crippen LogP contribution in [-0.2, 0) is 28.6 Å². The predicted molar refractivity (Wildman–Crippen MR) is 61.8 cm³/mol. The van der Waals surface area contributed by atoms with Gasteiger partial charge >= 0.3 is 17.9 Å². The van der Waals surface area contributed by atoms with Gasteiger partial charge in [-0.15, -0.1) is 0 Å². The van der Waals surface area contributed by atoms with Crippen molar-refractivity contribution in [1.29, 1.82) is 0 Å². The van der Waals surface area contributed by atoms with Crippen molar-refractivity contribution < 1.29 is 33.7 Å². The Hall–Kier alpha value is -1.89. The lowest BCUT2D eigenvalue weighted by atomic mass is 9.95. The van der Waals surface area contributed by atoms with Crippen LogP contribution in [0.4, 0.5) is 0 Å². The molecule has 0 aromatic rings. The summed E-state index contributed by atoms with van der Waals surface area (Å²) in [5.74, 6) is -1.80. The summed E-state index contributed by atoms with van der Waals surface area (Å²) in [7, 11) is 0. The SMILES string of the molecule is CC(=O)O[C@H]1[C@H](O)[C@@H](OC(C)=O)C=C[C@@H]1OC(C)=O. The molecule has 106 valence electrons. The third-order valence-electron chi connectivity index (χ3n) is 2.39. The maximum Gasteiger partial charge on any atom is 0.303 e. The molecule has 0 radical (unpaired) electrons. The molecule has 1 N–H and O–H groups in total. The first kappa shape index (κ1) is 15.2. The summed E-state index contributed by atoms with van der Waals surface area (Å²) in [4.78, 5) is 32.8. The van der Waals surface area contributed by atoms with Crippen LogP contribution in [0.15, 0.2) is 12.2 Å². The summed E-state index contributed by atoms with van der Waals surface area (Å²) < 4.78 is 14.7. The molecule has 0 saturated heterocycles.